The summed E-state index contributed by atoms with van der Waals surface area (Å²) in [6.45, 7) is 3.64. The Hall–Kier alpha value is 0.440. The fourth-order valence-corrected chi connectivity index (χ4v) is 5.26. The molecule has 1 nitrogen and oxygen atoms in total. The van der Waals surface area contributed by atoms with Gasteiger partial charge in [-0.25, -0.2) is 0 Å². The first-order valence-corrected chi connectivity index (χ1v) is 16.4. The van der Waals surface area contributed by atoms with Crippen LogP contribution in [0.15, 0.2) is 0 Å². The largest absolute Gasteiger partial charge is 1.00 e. The van der Waals surface area contributed by atoms with Crippen LogP contribution in [0.4, 0.5) is 0 Å². The average molecular weight is 561 g/mol. The Morgan fingerprint density at radius 2 is 0.457 bits per heavy atom. The summed E-state index contributed by atoms with van der Waals surface area (Å²) in [4.78, 5) is 0. The third-order valence-corrected chi connectivity index (χ3v) is 7.68. The lowest BCUT2D eigenvalue weighted by molar-refractivity contribution is -0.870. The van der Waals surface area contributed by atoms with Gasteiger partial charge in [-0.1, -0.05) is 174 Å². The van der Waals surface area contributed by atoms with Crippen LogP contribution < -0.4 is 17.0 Å². The monoisotopic (exact) mass is 559 g/mol. The number of unbranched alkanes of at least 4 members (excludes halogenated alkanes) is 27. The molecule has 35 heavy (non-hydrogen) atoms. The van der Waals surface area contributed by atoms with Crippen molar-refractivity contribution >= 4 is 0 Å². The molecule has 0 unspecified atom stereocenters. The van der Waals surface area contributed by atoms with Gasteiger partial charge >= 0.3 is 0 Å². The van der Waals surface area contributed by atoms with Gasteiger partial charge in [0, 0.05) is 0 Å². The first-order valence-electron chi connectivity index (χ1n) is 16.4. The zero-order valence-electron chi connectivity index (χ0n) is 25.3. The lowest BCUT2D eigenvalue weighted by Gasteiger charge is -2.23. The maximum absolute atomic E-state index is 2.31. The maximum atomic E-state index is 2.31. The molecule has 0 N–H and O–H groups in total. The SMILES string of the molecule is CCCCCCCCCCCCCCCCCCCCCCCCCCCCCC[N+](C)(C)C.[Br-]. The van der Waals surface area contributed by atoms with E-state index in [1.807, 2.05) is 0 Å². The minimum Gasteiger partial charge on any atom is -1.00 e. The van der Waals surface area contributed by atoms with E-state index in [2.05, 4.69) is 28.1 Å². The lowest BCUT2D eigenvalue weighted by Crippen LogP contribution is -3.00. The summed E-state index contributed by atoms with van der Waals surface area (Å²) >= 11 is 0. The molecule has 2 heteroatoms. The van der Waals surface area contributed by atoms with E-state index in [9.17, 15) is 0 Å². The molecule has 0 aliphatic carbocycles. The van der Waals surface area contributed by atoms with E-state index in [4.69, 9.17) is 0 Å². The average Bonchev–Trinajstić information content (AvgIpc) is 2.80. The van der Waals surface area contributed by atoms with E-state index in [1.54, 1.807) is 0 Å². The third-order valence-electron chi connectivity index (χ3n) is 7.68. The van der Waals surface area contributed by atoms with Gasteiger partial charge in [-0.15, -0.1) is 0 Å². The van der Waals surface area contributed by atoms with Crippen molar-refractivity contribution in [2.24, 2.45) is 0 Å². The second-order valence-corrected chi connectivity index (χ2v) is 12.6. The molecule has 0 aromatic carbocycles. The van der Waals surface area contributed by atoms with Gasteiger partial charge in [0.15, 0.2) is 0 Å². The molecule has 0 bridgehead atoms. The van der Waals surface area contributed by atoms with Crippen LogP contribution in [0, 0.1) is 0 Å². The Morgan fingerprint density at radius 3 is 0.629 bits per heavy atom. The van der Waals surface area contributed by atoms with Crippen molar-refractivity contribution in [3.05, 3.63) is 0 Å². The fourth-order valence-electron chi connectivity index (χ4n) is 5.26. The Labute approximate surface area is 235 Å². The minimum atomic E-state index is 0. The van der Waals surface area contributed by atoms with E-state index < -0.39 is 0 Å². The van der Waals surface area contributed by atoms with Gasteiger partial charge in [-0.3, -0.25) is 0 Å². The molecule has 0 atom stereocenters. The topological polar surface area (TPSA) is 0 Å². The molecule has 0 aromatic heterocycles. The molecule has 0 aliphatic heterocycles. The van der Waals surface area contributed by atoms with Gasteiger partial charge in [0.25, 0.3) is 0 Å². The van der Waals surface area contributed by atoms with Crippen LogP contribution in [-0.2, 0) is 0 Å². The smallest absolute Gasteiger partial charge is 0.0780 e. The summed E-state index contributed by atoms with van der Waals surface area (Å²) in [6.07, 6.45) is 41.3. The number of rotatable bonds is 29. The van der Waals surface area contributed by atoms with Crippen LogP contribution in [0.1, 0.15) is 187 Å². The first-order chi connectivity index (χ1) is 16.6. The van der Waals surface area contributed by atoms with Crippen LogP contribution >= 0.6 is 0 Å². The van der Waals surface area contributed by atoms with E-state index >= 15 is 0 Å². The highest BCUT2D eigenvalue weighted by molar-refractivity contribution is 4.52. The summed E-state index contributed by atoms with van der Waals surface area (Å²) in [5, 5.41) is 0. The second-order valence-electron chi connectivity index (χ2n) is 12.6. The molecule has 214 valence electrons. The summed E-state index contributed by atoms with van der Waals surface area (Å²) in [7, 11) is 6.92. The highest BCUT2D eigenvalue weighted by atomic mass is 79.9. The summed E-state index contributed by atoms with van der Waals surface area (Å²) < 4.78 is 1.12. The highest BCUT2D eigenvalue weighted by Crippen LogP contribution is 2.16. The van der Waals surface area contributed by atoms with E-state index in [1.165, 1.54) is 186 Å². The maximum Gasteiger partial charge on any atom is 0.0780 e. The molecule has 0 radical (unpaired) electrons. The minimum absolute atomic E-state index is 0. The van der Waals surface area contributed by atoms with Crippen LogP contribution in [0.2, 0.25) is 0 Å². The number of hydrogen-bond donors (Lipinski definition) is 0. The number of halogens is 1. The van der Waals surface area contributed by atoms with Crippen molar-refractivity contribution in [2.75, 3.05) is 27.7 Å². The normalized spacial score (nSPS) is 11.7. The number of hydrogen-bond acceptors (Lipinski definition) is 0. The van der Waals surface area contributed by atoms with Gasteiger partial charge in [0.1, 0.15) is 0 Å². The Balaban J connectivity index is 0. The van der Waals surface area contributed by atoms with Gasteiger partial charge in [0.05, 0.1) is 27.7 Å². The molecule has 0 spiro atoms. The summed E-state index contributed by atoms with van der Waals surface area (Å²) in [5.74, 6) is 0. The summed E-state index contributed by atoms with van der Waals surface area (Å²) in [6, 6.07) is 0. The van der Waals surface area contributed by atoms with Crippen molar-refractivity contribution < 1.29 is 21.5 Å². The Kier molecular flexibility index (Phi) is 32.9. The van der Waals surface area contributed by atoms with Crippen LogP contribution in [0.25, 0.3) is 0 Å². The molecular weight excluding hydrogens is 490 g/mol. The van der Waals surface area contributed by atoms with Crippen molar-refractivity contribution in [3.8, 4) is 0 Å². The lowest BCUT2D eigenvalue weighted by atomic mass is 10.0. The molecule has 0 saturated carbocycles. The molecule has 0 saturated heterocycles. The Bertz CT molecular complexity index is 363. The Morgan fingerprint density at radius 1 is 0.286 bits per heavy atom. The molecule has 0 rings (SSSR count). The van der Waals surface area contributed by atoms with Crippen molar-refractivity contribution in [3.63, 3.8) is 0 Å². The van der Waals surface area contributed by atoms with Crippen LogP contribution in [0.5, 0.6) is 0 Å². The molecule has 0 amide bonds. The fraction of sp³-hybridized carbons (Fsp3) is 1.00. The van der Waals surface area contributed by atoms with Crippen LogP contribution in [0.3, 0.4) is 0 Å². The van der Waals surface area contributed by atoms with Gasteiger partial charge in [-0.05, 0) is 12.8 Å². The summed E-state index contributed by atoms with van der Waals surface area (Å²) in [5.41, 5.74) is 0. The second kappa shape index (κ2) is 30.7. The van der Waals surface area contributed by atoms with Gasteiger partial charge in [0.2, 0.25) is 0 Å². The highest BCUT2D eigenvalue weighted by Gasteiger charge is 2.05. The first kappa shape index (κ1) is 37.6. The van der Waals surface area contributed by atoms with Crippen molar-refractivity contribution in [2.45, 2.75) is 187 Å². The number of nitrogens with zero attached hydrogens (tertiary/aromatic N) is 1. The standard InChI is InChI=1S/C33H70N.BrH/c1-5-6-7-8-9-10-11-12-13-14-15-16-17-18-19-20-21-22-23-24-25-26-27-28-29-30-31-32-33-34(2,3)4;/h5-33H2,1-4H3;1H/q+1;/p-1. The molecule has 0 heterocycles. The van der Waals surface area contributed by atoms with Gasteiger partial charge in [-0.2, -0.15) is 0 Å². The predicted molar refractivity (Wildman–Crippen MR) is 158 cm³/mol. The molecule has 0 fully saturated rings. The third kappa shape index (κ3) is 36.7. The molecular formula is C33H70BrN. The predicted octanol–water partition coefficient (Wildman–Crippen LogP) is 8.64. The van der Waals surface area contributed by atoms with E-state index in [0.29, 0.717) is 0 Å². The van der Waals surface area contributed by atoms with Crippen molar-refractivity contribution in [1.29, 1.82) is 0 Å². The zero-order chi connectivity index (χ0) is 25.0. The van der Waals surface area contributed by atoms with Gasteiger partial charge < -0.3 is 21.5 Å². The quantitative estimate of drug-likeness (QED) is 0.0634. The van der Waals surface area contributed by atoms with Crippen LogP contribution in [-0.4, -0.2) is 32.2 Å². The number of quaternary nitrogens is 1. The van der Waals surface area contributed by atoms with E-state index in [-0.39, 0.29) is 17.0 Å². The zero-order valence-corrected chi connectivity index (χ0v) is 26.9. The van der Waals surface area contributed by atoms with E-state index in [0.717, 1.165) is 4.48 Å². The molecule has 0 aromatic rings. The molecule has 0 aliphatic rings. The van der Waals surface area contributed by atoms with Crippen molar-refractivity contribution in [1.82, 2.24) is 0 Å².